The van der Waals surface area contributed by atoms with E-state index in [0.29, 0.717) is 18.4 Å². The highest BCUT2D eigenvalue weighted by molar-refractivity contribution is 5.85. The summed E-state index contributed by atoms with van der Waals surface area (Å²) >= 11 is 0. The van der Waals surface area contributed by atoms with Crippen LogP contribution in [0, 0.1) is 0 Å². The van der Waals surface area contributed by atoms with Gasteiger partial charge in [0.1, 0.15) is 5.75 Å². The number of aromatic nitrogens is 3. The van der Waals surface area contributed by atoms with Crippen molar-refractivity contribution in [1.29, 1.82) is 0 Å². The molecule has 1 atom stereocenters. The Morgan fingerprint density at radius 3 is 2.79 bits per heavy atom. The maximum absolute atomic E-state index is 6.22. The summed E-state index contributed by atoms with van der Waals surface area (Å²) in [6.45, 7) is 0.536. The predicted molar refractivity (Wildman–Crippen MR) is 108 cm³/mol. The summed E-state index contributed by atoms with van der Waals surface area (Å²) in [6.07, 6.45) is 4.32. The monoisotopic (exact) mass is 375 g/mol. The van der Waals surface area contributed by atoms with Crippen molar-refractivity contribution in [1.82, 2.24) is 15.1 Å². The summed E-state index contributed by atoms with van der Waals surface area (Å²) in [6, 6.07) is 15.7. The third kappa shape index (κ3) is 4.10. The summed E-state index contributed by atoms with van der Waals surface area (Å²) in [5.74, 6) is 1.72. The van der Waals surface area contributed by atoms with Gasteiger partial charge in [-0.25, -0.2) is 0 Å². The van der Waals surface area contributed by atoms with Gasteiger partial charge in [0.2, 0.25) is 0 Å². The third-order valence-electron chi connectivity index (χ3n) is 4.49. The van der Waals surface area contributed by atoms with E-state index in [1.54, 1.807) is 13.3 Å². The average Bonchev–Trinajstić information content (AvgIpc) is 3.21. The molecule has 4 rings (SSSR count). The van der Waals surface area contributed by atoms with Crippen LogP contribution in [0.2, 0.25) is 0 Å². The third-order valence-corrected chi connectivity index (χ3v) is 4.49. The van der Waals surface area contributed by atoms with Crippen molar-refractivity contribution in [3.8, 4) is 17.2 Å². The number of ether oxygens (including phenoxy) is 1. The Bertz CT molecular complexity index is 1060. The molecule has 7 heteroatoms. The second-order valence-corrected chi connectivity index (χ2v) is 6.55. The second kappa shape index (κ2) is 8.06. The summed E-state index contributed by atoms with van der Waals surface area (Å²) < 4.78 is 10.6. The van der Waals surface area contributed by atoms with Crippen LogP contribution in [0.5, 0.6) is 5.75 Å². The maximum Gasteiger partial charge on any atom is 0.263 e. The molecule has 7 nitrogen and oxygen atoms in total. The Labute approximate surface area is 162 Å². The molecule has 0 amide bonds. The van der Waals surface area contributed by atoms with E-state index in [1.807, 2.05) is 54.7 Å². The minimum Gasteiger partial charge on any atom is -0.497 e. The van der Waals surface area contributed by atoms with Gasteiger partial charge in [-0.3, -0.25) is 4.98 Å². The fourth-order valence-electron chi connectivity index (χ4n) is 2.99. The number of nitrogens with zero attached hydrogens (tertiary/aromatic N) is 3. The number of anilines is 1. The van der Waals surface area contributed by atoms with Gasteiger partial charge in [0.15, 0.2) is 0 Å². The number of benzene rings is 2. The molecular formula is C21H21N5O2. The Hall–Kier alpha value is -3.45. The molecule has 0 spiro atoms. The minimum absolute atomic E-state index is 0.0801. The zero-order valence-corrected chi connectivity index (χ0v) is 15.5. The number of nitrogens with two attached hydrogens (primary N) is 1. The molecule has 0 aliphatic heterocycles. The molecule has 142 valence electrons. The molecule has 0 saturated carbocycles. The lowest BCUT2D eigenvalue weighted by Crippen LogP contribution is -2.31. The van der Waals surface area contributed by atoms with Crippen molar-refractivity contribution in [2.24, 2.45) is 5.73 Å². The standard InChI is InChI=1S/C21H21N5O2/c1-27-19-6-2-14(3-7-19)10-18(22)13-24-21-25-20(28-26-21)16-4-5-17-12-23-9-8-15(17)11-16/h2-9,11-12,18H,10,13,22H2,1H3,(H,24,26)/t18-/m0/s1. The van der Waals surface area contributed by atoms with Crippen molar-refractivity contribution in [2.75, 3.05) is 19.0 Å². The number of nitrogens with one attached hydrogen (secondary N) is 1. The van der Waals surface area contributed by atoms with Gasteiger partial charge in [-0.05, 0) is 52.9 Å². The molecule has 0 bridgehead atoms. The summed E-state index contributed by atoms with van der Waals surface area (Å²) in [4.78, 5) is 8.53. The van der Waals surface area contributed by atoms with E-state index >= 15 is 0 Å². The van der Waals surface area contributed by atoms with E-state index in [9.17, 15) is 0 Å². The number of hydrogen-bond donors (Lipinski definition) is 2. The van der Waals surface area contributed by atoms with Gasteiger partial charge >= 0.3 is 0 Å². The van der Waals surface area contributed by atoms with Crippen LogP contribution in [0.25, 0.3) is 22.2 Å². The van der Waals surface area contributed by atoms with Crippen LogP contribution in [0.1, 0.15) is 5.56 Å². The minimum atomic E-state index is -0.0801. The van der Waals surface area contributed by atoms with Gasteiger partial charge in [0.05, 0.1) is 7.11 Å². The van der Waals surface area contributed by atoms with Gasteiger partial charge in [-0.2, -0.15) is 4.98 Å². The van der Waals surface area contributed by atoms with Crippen LogP contribution in [0.15, 0.2) is 65.4 Å². The SMILES string of the molecule is COc1ccc(C[C@H](N)CNc2noc(-c3ccc4cnccc4c3)n2)cc1. The molecule has 28 heavy (non-hydrogen) atoms. The zero-order valence-electron chi connectivity index (χ0n) is 15.5. The van der Waals surface area contributed by atoms with Gasteiger partial charge in [-0.15, -0.1) is 0 Å². The van der Waals surface area contributed by atoms with Crippen molar-refractivity contribution < 1.29 is 9.26 Å². The smallest absolute Gasteiger partial charge is 0.263 e. The fourth-order valence-corrected chi connectivity index (χ4v) is 2.99. The van der Waals surface area contributed by atoms with Crippen LogP contribution < -0.4 is 15.8 Å². The van der Waals surface area contributed by atoms with Crippen LogP contribution in [0.3, 0.4) is 0 Å². The van der Waals surface area contributed by atoms with E-state index in [2.05, 4.69) is 20.4 Å². The number of fused-ring (bicyclic) bond motifs is 1. The number of rotatable bonds is 7. The van der Waals surface area contributed by atoms with Gasteiger partial charge in [-0.1, -0.05) is 18.2 Å². The van der Waals surface area contributed by atoms with Gasteiger partial charge in [0.25, 0.3) is 11.8 Å². The van der Waals surface area contributed by atoms with Crippen LogP contribution >= 0.6 is 0 Å². The van der Waals surface area contributed by atoms with Crippen molar-refractivity contribution in [2.45, 2.75) is 12.5 Å². The van der Waals surface area contributed by atoms with E-state index in [0.717, 1.165) is 34.1 Å². The molecule has 0 saturated heterocycles. The van der Waals surface area contributed by atoms with E-state index < -0.39 is 0 Å². The van der Waals surface area contributed by atoms with Crippen molar-refractivity contribution >= 4 is 16.7 Å². The zero-order chi connectivity index (χ0) is 19.3. The Kier molecular flexibility index (Phi) is 5.16. The lowest BCUT2D eigenvalue weighted by molar-refractivity contribution is 0.414. The number of methoxy groups -OCH3 is 1. The summed E-state index contributed by atoms with van der Waals surface area (Å²) in [5.41, 5.74) is 8.23. The normalized spacial score (nSPS) is 12.1. The Balaban J connectivity index is 1.37. The lowest BCUT2D eigenvalue weighted by Gasteiger charge is -2.12. The molecule has 2 aromatic heterocycles. The van der Waals surface area contributed by atoms with E-state index in [-0.39, 0.29) is 6.04 Å². The largest absolute Gasteiger partial charge is 0.497 e. The quantitative estimate of drug-likeness (QED) is 0.511. The first-order chi connectivity index (χ1) is 13.7. The second-order valence-electron chi connectivity index (χ2n) is 6.55. The molecule has 4 aromatic rings. The highest BCUT2D eigenvalue weighted by Gasteiger charge is 2.11. The maximum atomic E-state index is 6.22. The summed E-state index contributed by atoms with van der Waals surface area (Å²) in [5, 5.41) is 9.27. The lowest BCUT2D eigenvalue weighted by atomic mass is 10.1. The predicted octanol–water partition coefficient (Wildman–Crippen LogP) is 3.28. The van der Waals surface area contributed by atoms with Crippen LogP contribution in [-0.4, -0.2) is 34.8 Å². The van der Waals surface area contributed by atoms with Gasteiger partial charge < -0.3 is 20.3 Å². The highest BCUT2D eigenvalue weighted by atomic mass is 16.5. The summed E-state index contributed by atoms with van der Waals surface area (Å²) in [7, 11) is 1.65. The van der Waals surface area contributed by atoms with Gasteiger partial charge in [0, 0.05) is 35.9 Å². The van der Waals surface area contributed by atoms with Crippen molar-refractivity contribution in [3.63, 3.8) is 0 Å². The van der Waals surface area contributed by atoms with E-state index in [4.69, 9.17) is 15.0 Å². The topological polar surface area (TPSA) is 99.1 Å². The molecular weight excluding hydrogens is 354 g/mol. The molecule has 0 aliphatic carbocycles. The first-order valence-electron chi connectivity index (χ1n) is 9.01. The Morgan fingerprint density at radius 1 is 1.11 bits per heavy atom. The van der Waals surface area contributed by atoms with Crippen LogP contribution in [0.4, 0.5) is 5.95 Å². The van der Waals surface area contributed by atoms with Crippen molar-refractivity contribution in [3.05, 3.63) is 66.5 Å². The molecule has 0 aliphatic rings. The molecule has 0 unspecified atom stereocenters. The molecule has 2 heterocycles. The molecule has 2 aromatic carbocycles. The first kappa shape index (κ1) is 17.9. The molecule has 0 radical (unpaired) electrons. The number of pyridine rings is 1. The fraction of sp³-hybridized carbons (Fsp3) is 0.190. The molecule has 3 N–H and O–H groups in total. The average molecular weight is 375 g/mol. The Morgan fingerprint density at radius 2 is 1.96 bits per heavy atom. The first-order valence-corrected chi connectivity index (χ1v) is 9.01. The highest BCUT2D eigenvalue weighted by Crippen LogP contribution is 2.23. The van der Waals surface area contributed by atoms with Crippen LogP contribution in [-0.2, 0) is 6.42 Å². The van der Waals surface area contributed by atoms with E-state index in [1.165, 1.54) is 0 Å². The number of hydrogen-bond acceptors (Lipinski definition) is 7. The molecule has 0 fully saturated rings.